The molecular formula is C16H19N3O. The molecule has 4 nitrogen and oxygen atoms in total. The lowest BCUT2D eigenvalue weighted by Crippen LogP contribution is -2.04. The number of nitrogen functional groups attached to an aromatic ring is 1. The highest BCUT2D eigenvalue weighted by Gasteiger charge is 2.36. The first-order valence-electron chi connectivity index (χ1n) is 7.30. The van der Waals surface area contributed by atoms with Gasteiger partial charge in [-0.05, 0) is 37.8 Å². The minimum Gasteiger partial charge on any atom is -0.497 e. The number of methoxy groups -OCH3 is 1. The molecule has 0 radical (unpaired) electrons. The van der Waals surface area contributed by atoms with Crippen molar-refractivity contribution < 1.29 is 4.74 Å². The summed E-state index contributed by atoms with van der Waals surface area (Å²) in [6, 6.07) is 8.57. The number of imidazole rings is 1. The summed E-state index contributed by atoms with van der Waals surface area (Å²) in [7, 11) is 1.68. The molecular weight excluding hydrogens is 250 g/mol. The van der Waals surface area contributed by atoms with E-state index in [0.717, 1.165) is 22.8 Å². The Hall–Kier alpha value is -1.97. The predicted molar refractivity (Wildman–Crippen MR) is 78.9 cm³/mol. The van der Waals surface area contributed by atoms with Crippen LogP contribution < -0.4 is 10.5 Å². The Bertz CT molecular complexity index is 654. The summed E-state index contributed by atoms with van der Waals surface area (Å²) in [5.41, 5.74) is 8.35. The van der Waals surface area contributed by atoms with Gasteiger partial charge >= 0.3 is 0 Å². The van der Waals surface area contributed by atoms with Gasteiger partial charge in [-0.3, -0.25) is 0 Å². The van der Waals surface area contributed by atoms with Crippen molar-refractivity contribution in [1.29, 1.82) is 0 Å². The van der Waals surface area contributed by atoms with E-state index >= 15 is 0 Å². The van der Waals surface area contributed by atoms with Crippen LogP contribution in [0.5, 0.6) is 5.75 Å². The molecule has 0 aliphatic heterocycles. The number of aromatic nitrogens is 2. The molecule has 1 heterocycles. The quantitative estimate of drug-likeness (QED) is 0.926. The third kappa shape index (κ3) is 1.87. The van der Waals surface area contributed by atoms with Gasteiger partial charge in [-0.15, -0.1) is 0 Å². The maximum atomic E-state index is 6.39. The lowest BCUT2D eigenvalue weighted by atomic mass is 10.1. The minimum absolute atomic E-state index is 0.581. The third-order valence-electron chi connectivity index (χ3n) is 4.17. The lowest BCUT2D eigenvalue weighted by Gasteiger charge is -2.07. The Morgan fingerprint density at radius 3 is 2.70 bits per heavy atom. The van der Waals surface area contributed by atoms with Crippen molar-refractivity contribution in [1.82, 2.24) is 9.55 Å². The van der Waals surface area contributed by atoms with E-state index in [0.29, 0.717) is 12.0 Å². The Morgan fingerprint density at radius 1 is 1.25 bits per heavy atom. The van der Waals surface area contributed by atoms with E-state index in [1.807, 2.05) is 18.2 Å². The second kappa shape index (κ2) is 4.27. The highest BCUT2D eigenvalue weighted by molar-refractivity contribution is 5.72. The van der Waals surface area contributed by atoms with Gasteiger partial charge in [-0.25, -0.2) is 4.98 Å². The Labute approximate surface area is 118 Å². The molecule has 0 unspecified atom stereocenters. The second-order valence-electron chi connectivity index (χ2n) is 5.81. The number of nitrogens with zero attached hydrogens (tertiary/aromatic N) is 2. The molecule has 2 saturated carbocycles. The number of hydrogen-bond acceptors (Lipinski definition) is 3. The molecule has 2 aliphatic rings. The fourth-order valence-corrected chi connectivity index (χ4v) is 2.79. The maximum Gasteiger partial charge on any atom is 0.132 e. The average molecular weight is 269 g/mol. The predicted octanol–water partition coefficient (Wildman–Crippen LogP) is 3.35. The maximum absolute atomic E-state index is 6.39. The van der Waals surface area contributed by atoms with Crippen LogP contribution in [0.25, 0.3) is 11.3 Å². The zero-order valence-electron chi connectivity index (χ0n) is 11.7. The highest BCUT2D eigenvalue weighted by Crippen LogP contribution is 2.48. The number of anilines is 1. The smallest absolute Gasteiger partial charge is 0.132 e. The number of ether oxygens (including phenoxy) is 1. The summed E-state index contributed by atoms with van der Waals surface area (Å²) in [5, 5.41) is 0. The van der Waals surface area contributed by atoms with Crippen molar-refractivity contribution in [3.8, 4) is 17.0 Å². The molecule has 0 atom stereocenters. The van der Waals surface area contributed by atoms with Crippen LogP contribution in [0.15, 0.2) is 24.3 Å². The second-order valence-corrected chi connectivity index (χ2v) is 5.81. The zero-order chi connectivity index (χ0) is 13.7. The number of nitrogens with two attached hydrogens (primary N) is 1. The van der Waals surface area contributed by atoms with Crippen molar-refractivity contribution in [2.24, 2.45) is 0 Å². The first-order chi connectivity index (χ1) is 9.78. The van der Waals surface area contributed by atoms with Crippen molar-refractivity contribution in [3.05, 3.63) is 30.1 Å². The van der Waals surface area contributed by atoms with Crippen molar-refractivity contribution >= 4 is 5.82 Å². The largest absolute Gasteiger partial charge is 0.497 e. The molecule has 2 N–H and O–H groups in total. The van der Waals surface area contributed by atoms with Crippen LogP contribution in [0.1, 0.15) is 43.5 Å². The first-order valence-corrected chi connectivity index (χ1v) is 7.30. The summed E-state index contributed by atoms with van der Waals surface area (Å²) in [5.74, 6) is 3.48. The standard InChI is InChI=1S/C16H19N3O/c1-20-13-4-2-3-11(9-13)14-15(17)19(12-7-8-12)16(18-14)10-5-6-10/h2-4,9-10,12H,5-8,17H2,1H3. The minimum atomic E-state index is 0.581. The topological polar surface area (TPSA) is 53.1 Å². The molecule has 1 aromatic heterocycles. The third-order valence-corrected chi connectivity index (χ3v) is 4.17. The van der Waals surface area contributed by atoms with Gasteiger partial charge in [0, 0.05) is 17.5 Å². The van der Waals surface area contributed by atoms with Gasteiger partial charge in [0.25, 0.3) is 0 Å². The van der Waals surface area contributed by atoms with Crippen LogP contribution in [-0.4, -0.2) is 16.7 Å². The fourth-order valence-electron chi connectivity index (χ4n) is 2.79. The number of rotatable bonds is 4. The molecule has 104 valence electrons. The highest BCUT2D eigenvalue weighted by atomic mass is 16.5. The molecule has 0 spiro atoms. The molecule has 1 aromatic carbocycles. The summed E-state index contributed by atoms with van der Waals surface area (Å²) >= 11 is 0. The number of benzene rings is 1. The van der Waals surface area contributed by atoms with Crippen LogP contribution in [0.4, 0.5) is 5.82 Å². The molecule has 2 aromatic rings. The fraction of sp³-hybridized carbons (Fsp3) is 0.438. The summed E-state index contributed by atoms with van der Waals surface area (Å²) in [6.07, 6.45) is 4.97. The van der Waals surface area contributed by atoms with Gasteiger partial charge in [0.05, 0.1) is 7.11 Å². The molecule has 2 aliphatic carbocycles. The molecule has 2 fully saturated rings. The van der Waals surface area contributed by atoms with Crippen LogP contribution in [0, 0.1) is 0 Å². The van der Waals surface area contributed by atoms with Gasteiger partial charge < -0.3 is 15.0 Å². The van der Waals surface area contributed by atoms with E-state index < -0.39 is 0 Å². The summed E-state index contributed by atoms with van der Waals surface area (Å²) < 4.78 is 7.58. The average Bonchev–Trinajstić information content (AvgIpc) is 3.37. The van der Waals surface area contributed by atoms with Crippen LogP contribution in [0.3, 0.4) is 0 Å². The van der Waals surface area contributed by atoms with Gasteiger partial charge in [-0.1, -0.05) is 12.1 Å². The van der Waals surface area contributed by atoms with E-state index in [1.54, 1.807) is 7.11 Å². The van der Waals surface area contributed by atoms with E-state index in [-0.39, 0.29) is 0 Å². The van der Waals surface area contributed by atoms with Crippen molar-refractivity contribution in [2.45, 2.75) is 37.6 Å². The summed E-state index contributed by atoms with van der Waals surface area (Å²) in [6.45, 7) is 0. The zero-order valence-corrected chi connectivity index (χ0v) is 11.7. The van der Waals surface area contributed by atoms with Crippen LogP contribution in [0.2, 0.25) is 0 Å². The molecule has 4 rings (SSSR count). The first kappa shape index (κ1) is 11.8. The Morgan fingerprint density at radius 2 is 2.05 bits per heavy atom. The van der Waals surface area contributed by atoms with Gasteiger partial charge in [0.2, 0.25) is 0 Å². The summed E-state index contributed by atoms with van der Waals surface area (Å²) in [4.78, 5) is 4.86. The normalized spacial score (nSPS) is 18.2. The number of hydrogen-bond donors (Lipinski definition) is 1. The van der Waals surface area contributed by atoms with Crippen LogP contribution in [-0.2, 0) is 0 Å². The van der Waals surface area contributed by atoms with Crippen LogP contribution >= 0.6 is 0 Å². The van der Waals surface area contributed by atoms with Gasteiger partial charge in [-0.2, -0.15) is 0 Å². The molecule has 20 heavy (non-hydrogen) atoms. The van der Waals surface area contributed by atoms with Gasteiger partial charge in [0.15, 0.2) is 0 Å². The van der Waals surface area contributed by atoms with E-state index in [4.69, 9.17) is 15.5 Å². The molecule has 4 heteroatoms. The van der Waals surface area contributed by atoms with E-state index in [2.05, 4.69) is 10.6 Å². The van der Waals surface area contributed by atoms with Crippen molar-refractivity contribution in [2.75, 3.05) is 12.8 Å². The SMILES string of the molecule is COc1cccc(-c2nc(C3CC3)n(C3CC3)c2N)c1. The molecule has 0 saturated heterocycles. The molecule has 0 amide bonds. The monoisotopic (exact) mass is 269 g/mol. The Balaban J connectivity index is 1.82. The lowest BCUT2D eigenvalue weighted by molar-refractivity contribution is 0.415. The Kier molecular flexibility index (Phi) is 2.52. The molecule has 0 bridgehead atoms. The van der Waals surface area contributed by atoms with Crippen molar-refractivity contribution in [3.63, 3.8) is 0 Å². The van der Waals surface area contributed by atoms with E-state index in [9.17, 15) is 0 Å². The van der Waals surface area contributed by atoms with Gasteiger partial charge in [0.1, 0.15) is 23.1 Å². The van der Waals surface area contributed by atoms with E-state index in [1.165, 1.54) is 31.5 Å².